The third-order valence-electron chi connectivity index (χ3n) is 5.83. The molecular formula is C22H26N4O2. The number of aryl methyl sites for hydroxylation is 1. The van der Waals surface area contributed by atoms with Crippen LogP contribution in [0, 0.1) is 19.8 Å². The van der Waals surface area contributed by atoms with Gasteiger partial charge in [-0.1, -0.05) is 12.1 Å². The SMILES string of the molecule is Cc1cccc(N2CC(C(=O)Nc3ccc(N4CCCC4)cn3)CC2=O)c1C. The normalized spacial score (nSPS) is 19.4. The summed E-state index contributed by atoms with van der Waals surface area (Å²) in [5.41, 5.74) is 4.21. The van der Waals surface area contributed by atoms with E-state index in [4.69, 9.17) is 0 Å². The molecule has 1 unspecified atom stereocenters. The fraction of sp³-hybridized carbons (Fsp3) is 0.409. The van der Waals surface area contributed by atoms with E-state index in [1.54, 1.807) is 4.90 Å². The smallest absolute Gasteiger partial charge is 0.230 e. The van der Waals surface area contributed by atoms with Crippen LogP contribution < -0.4 is 15.1 Å². The lowest BCUT2D eigenvalue weighted by molar-refractivity contribution is -0.122. The van der Waals surface area contributed by atoms with Crippen LogP contribution in [0.2, 0.25) is 0 Å². The molecule has 2 aliphatic rings. The fourth-order valence-corrected chi connectivity index (χ4v) is 3.99. The van der Waals surface area contributed by atoms with Crippen molar-refractivity contribution in [1.82, 2.24) is 4.98 Å². The molecule has 2 saturated heterocycles. The predicted molar refractivity (Wildman–Crippen MR) is 111 cm³/mol. The fourth-order valence-electron chi connectivity index (χ4n) is 3.99. The summed E-state index contributed by atoms with van der Waals surface area (Å²) in [4.78, 5) is 33.6. The topological polar surface area (TPSA) is 65.5 Å². The van der Waals surface area contributed by atoms with Crippen molar-refractivity contribution in [3.63, 3.8) is 0 Å². The molecule has 1 N–H and O–H groups in total. The Morgan fingerprint density at radius 3 is 2.64 bits per heavy atom. The van der Waals surface area contributed by atoms with Crippen molar-refractivity contribution in [2.24, 2.45) is 5.92 Å². The number of carbonyl (C=O) groups is 2. The van der Waals surface area contributed by atoms with Gasteiger partial charge in [0.25, 0.3) is 0 Å². The van der Waals surface area contributed by atoms with Crippen LogP contribution in [0.5, 0.6) is 0 Å². The molecular weight excluding hydrogens is 352 g/mol. The summed E-state index contributed by atoms with van der Waals surface area (Å²) < 4.78 is 0. The molecule has 0 radical (unpaired) electrons. The van der Waals surface area contributed by atoms with Crippen molar-refractivity contribution in [3.05, 3.63) is 47.7 Å². The number of hydrogen-bond acceptors (Lipinski definition) is 4. The highest BCUT2D eigenvalue weighted by molar-refractivity contribution is 6.03. The van der Waals surface area contributed by atoms with E-state index in [1.807, 2.05) is 50.4 Å². The van der Waals surface area contributed by atoms with Gasteiger partial charge in [0.1, 0.15) is 5.82 Å². The number of pyridine rings is 1. The number of hydrogen-bond donors (Lipinski definition) is 1. The van der Waals surface area contributed by atoms with Crippen molar-refractivity contribution in [1.29, 1.82) is 0 Å². The van der Waals surface area contributed by atoms with E-state index in [9.17, 15) is 9.59 Å². The van der Waals surface area contributed by atoms with Crippen LogP contribution in [0.15, 0.2) is 36.5 Å². The molecule has 1 atom stereocenters. The summed E-state index contributed by atoms with van der Waals surface area (Å²) in [7, 11) is 0. The Bertz CT molecular complexity index is 888. The number of anilines is 3. The van der Waals surface area contributed by atoms with Gasteiger partial charge in [0, 0.05) is 31.7 Å². The average Bonchev–Trinajstić information content (AvgIpc) is 3.35. The molecule has 0 saturated carbocycles. The van der Waals surface area contributed by atoms with Crippen LogP contribution in [0.25, 0.3) is 0 Å². The van der Waals surface area contributed by atoms with Crippen LogP contribution >= 0.6 is 0 Å². The molecule has 1 aromatic carbocycles. The van der Waals surface area contributed by atoms with Crippen molar-refractivity contribution < 1.29 is 9.59 Å². The second-order valence-corrected chi connectivity index (χ2v) is 7.71. The average molecular weight is 378 g/mol. The molecule has 0 spiro atoms. The van der Waals surface area contributed by atoms with Gasteiger partial charge in [-0.2, -0.15) is 0 Å². The van der Waals surface area contributed by atoms with Crippen LogP contribution in [0.3, 0.4) is 0 Å². The second kappa shape index (κ2) is 7.62. The number of rotatable bonds is 4. The summed E-state index contributed by atoms with van der Waals surface area (Å²) >= 11 is 0. The molecule has 28 heavy (non-hydrogen) atoms. The lowest BCUT2D eigenvalue weighted by Gasteiger charge is -2.20. The highest BCUT2D eigenvalue weighted by Gasteiger charge is 2.36. The number of nitrogens with one attached hydrogen (secondary N) is 1. The predicted octanol–water partition coefficient (Wildman–Crippen LogP) is 3.29. The Kier molecular flexibility index (Phi) is 5.03. The Balaban J connectivity index is 1.41. The van der Waals surface area contributed by atoms with Gasteiger partial charge >= 0.3 is 0 Å². The van der Waals surface area contributed by atoms with Crippen LogP contribution in [-0.2, 0) is 9.59 Å². The Morgan fingerprint density at radius 1 is 1.14 bits per heavy atom. The molecule has 0 aliphatic carbocycles. The lowest BCUT2D eigenvalue weighted by Crippen LogP contribution is -2.29. The summed E-state index contributed by atoms with van der Waals surface area (Å²) in [6.07, 6.45) is 4.46. The molecule has 0 bridgehead atoms. The molecule has 4 rings (SSSR count). The zero-order chi connectivity index (χ0) is 19.7. The number of aromatic nitrogens is 1. The van der Waals surface area contributed by atoms with Gasteiger partial charge < -0.3 is 15.1 Å². The first-order chi connectivity index (χ1) is 13.5. The van der Waals surface area contributed by atoms with E-state index in [0.29, 0.717) is 12.4 Å². The first-order valence-electron chi connectivity index (χ1n) is 9.91. The summed E-state index contributed by atoms with van der Waals surface area (Å²) in [5.74, 6) is 0.00632. The van der Waals surface area contributed by atoms with E-state index in [1.165, 1.54) is 12.8 Å². The highest BCUT2D eigenvalue weighted by atomic mass is 16.2. The van der Waals surface area contributed by atoms with Gasteiger partial charge in [0.2, 0.25) is 11.8 Å². The van der Waals surface area contributed by atoms with E-state index in [2.05, 4.69) is 15.2 Å². The molecule has 1 aromatic heterocycles. The minimum absolute atomic E-state index is 0.00816. The summed E-state index contributed by atoms with van der Waals surface area (Å²) in [6.45, 7) is 6.57. The quantitative estimate of drug-likeness (QED) is 0.887. The van der Waals surface area contributed by atoms with Gasteiger partial charge in [-0.15, -0.1) is 0 Å². The van der Waals surface area contributed by atoms with Gasteiger partial charge in [-0.3, -0.25) is 9.59 Å². The van der Waals surface area contributed by atoms with Crippen LogP contribution in [0.4, 0.5) is 17.2 Å². The van der Waals surface area contributed by atoms with E-state index >= 15 is 0 Å². The summed E-state index contributed by atoms with van der Waals surface area (Å²) in [5, 5.41) is 2.87. The third-order valence-corrected chi connectivity index (χ3v) is 5.83. The molecule has 2 aliphatic heterocycles. The maximum Gasteiger partial charge on any atom is 0.230 e. The van der Waals surface area contributed by atoms with E-state index in [-0.39, 0.29) is 24.2 Å². The number of benzene rings is 1. The number of nitrogens with zero attached hydrogens (tertiary/aromatic N) is 3. The number of amides is 2. The van der Waals surface area contributed by atoms with Gasteiger partial charge in [-0.25, -0.2) is 4.98 Å². The summed E-state index contributed by atoms with van der Waals surface area (Å²) in [6, 6.07) is 9.76. The third kappa shape index (κ3) is 3.59. The van der Waals surface area contributed by atoms with E-state index in [0.717, 1.165) is 35.6 Å². The Labute approximate surface area is 165 Å². The maximum absolute atomic E-state index is 12.7. The minimum Gasteiger partial charge on any atom is -0.370 e. The second-order valence-electron chi connectivity index (χ2n) is 7.71. The lowest BCUT2D eigenvalue weighted by atomic mass is 10.1. The van der Waals surface area contributed by atoms with E-state index < -0.39 is 0 Å². The zero-order valence-electron chi connectivity index (χ0n) is 16.4. The zero-order valence-corrected chi connectivity index (χ0v) is 16.4. The molecule has 6 nitrogen and oxygen atoms in total. The van der Waals surface area contributed by atoms with Crippen molar-refractivity contribution in [2.45, 2.75) is 33.1 Å². The molecule has 146 valence electrons. The number of carbonyl (C=O) groups excluding carboxylic acids is 2. The van der Waals surface area contributed by atoms with Crippen molar-refractivity contribution in [3.8, 4) is 0 Å². The maximum atomic E-state index is 12.7. The van der Waals surface area contributed by atoms with Crippen molar-refractivity contribution >= 4 is 29.0 Å². The molecule has 2 aromatic rings. The first kappa shape index (κ1) is 18.5. The van der Waals surface area contributed by atoms with Crippen LogP contribution in [0.1, 0.15) is 30.4 Å². The van der Waals surface area contributed by atoms with Crippen LogP contribution in [-0.4, -0.2) is 36.4 Å². The van der Waals surface area contributed by atoms with Gasteiger partial charge in [-0.05, 0) is 56.0 Å². The first-order valence-corrected chi connectivity index (χ1v) is 9.91. The van der Waals surface area contributed by atoms with Gasteiger partial charge in [0.05, 0.1) is 17.8 Å². The molecule has 6 heteroatoms. The largest absolute Gasteiger partial charge is 0.370 e. The molecule has 2 fully saturated rings. The van der Waals surface area contributed by atoms with Crippen molar-refractivity contribution in [2.75, 3.05) is 34.8 Å². The molecule has 3 heterocycles. The molecule has 2 amide bonds. The Morgan fingerprint density at radius 2 is 1.93 bits per heavy atom. The Hall–Kier alpha value is -2.89. The minimum atomic E-state index is -0.368. The van der Waals surface area contributed by atoms with Gasteiger partial charge in [0.15, 0.2) is 0 Å². The monoisotopic (exact) mass is 378 g/mol. The highest BCUT2D eigenvalue weighted by Crippen LogP contribution is 2.30. The standard InChI is InChI=1S/C22H26N4O2/c1-15-6-5-7-19(16(15)2)26-14-17(12-21(26)27)22(28)24-20-9-8-18(13-23-20)25-10-3-4-11-25/h5-9,13,17H,3-4,10-12,14H2,1-2H3,(H,23,24,28).